The van der Waals surface area contributed by atoms with Crippen LogP contribution in [0.15, 0.2) is 59.2 Å². The summed E-state index contributed by atoms with van der Waals surface area (Å²) < 4.78 is 67.6. The third-order valence-electron chi connectivity index (χ3n) is 10.9. The number of thiazole rings is 1. The maximum atomic E-state index is 14.7. The standard InChI is InChI=1S/C42H43F4N5O6S/c1-22(2)32-21-58-38(49-32)31-18-35(27-13-15-34(56-4)23(3)36(27)48-31)57-26-17-33-37(52)50-41(40(54)55)19-24(41)10-8-6-5-7-9-11-30(39(53)51(33)20-26)47-25-12-14-29(43)28(16-25)42(44,45)46/h8,12-16,18,21-22,26,30,33,47H,5-7,9,11,17,19-20H2,1-4H3,(H,50,52)(H,54,55)/t10?,26-,30+,33+,41-/m1/s1. The van der Waals surface area contributed by atoms with Crippen LogP contribution in [0.3, 0.4) is 0 Å². The van der Waals surface area contributed by atoms with Crippen molar-refractivity contribution >= 4 is 45.7 Å². The summed E-state index contributed by atoms with van der Waals surface area (Å²) in [4.78, 5) is 52.5. The molecule has 0 spiro atoms. The van der Waals surface area contributed by atoms with E-state index >= 15 is 0 Å². The van der Waals surface area contributed by atoms with Crippen LogP contribution in [0.1, 0.15) is 81.5 Å². The lowest BCUT2D eigenvalue weighted by Gasteiger charge is -2.30. The van der Waals surface area contributed by atoms with Gasteiger partial charge < -0.3 is 30.1 Å². The molecule has 1 saturated carbocycles. The summed E-state index contributed by atoms with van der Waals surface area (Å²) in [6.45, 7) is 5.84. The van der Waals surface area contributed by atoms with Gasteiger partial charge in [-0.25, -0.2) is 19.2 Å². The Morgan fingerprint density at radius 3 is 2.62 bits per heavy atom. The van der Waals surface area contributed by atoms with Crippen molar-refractivity contribution in [3.05, 3.63) is 81.8 Å². The van der Waals surface area contributed by atoms with Gasteiger partial charge in [-0.2, -0.15) is 13.2 Å². The Bertz CT molecular complexity index is 2340. The predicted molar refractivity (Wildman–Crippen MR) is 209 cm³/mol. The monoisotopic (exact) mass is 821 g/mol. The Hall–Kier alpha value is -5.47. The van der Waals surface area contributed by atoms with Crippen molar-refractivity contribution in [3.63, 3.8) is 0 Å². The lowest BCUT2D eigenvalue weighted by molar-refractivity contribution is -0.144. The van der Waals surface area contributed by atoms with Crippen LogP contribution in [-0.4, -0.2) is 75.1 Å². The van der Waals surface area contributed by atoms with Crippen molar-refractivity contribution in [2.24, 2.45) is 0 Å². The molecule has 2 aromatic carbocycles. The van der Waals surface area contributed by atoms with Crippen LogP contribution < -0.4 is 20.1 Å². The molecule has 0 bridgehead atoms. The van der Waals surface area contributed by atoms with Gasteiger partial charge in [0.05, 0.1) is 30.4 Å². The summed E-state index contributed by atoms with van der Waals surface area (Å²) >= 11 is 1.44. The molecule has 58 heavy (non-hydrogen) atoms. The number of pyridine rings is 1. The molecule has 3 N–H and O–H groups in total. The minimum absolute atomic E-state index is 0.0350. The summed E-state index contributed by atoms with van der Waals surface area (Å²) in [5.74, 6) is -2.83. The first kappa shape index (κ1) is 40.7. The summed E-state index contributed by atoms with van der Waals surface area (Å²) in [6.07, 6.45) is -1.45. The zero-order valence-electron chi connectivity index (χ0n) is 32.3. The molecule has 2 amide bonds. The molecule has 0 radical (unpaired) electrons. The number of benzene rings is 2. The first-order valence-corrected chi connectivity index (χ1v) is 20.0. The molecule has 2 aliphatic heterocycles. The quantitative estimate of drug-likeness (QED) is 0.119. The van der Waals surface area contributed by atoms with Crippen LogP contribution in [0.2, 0.25) is 0 Å². The number of rotatable bonds is 8. The van der Waals surface area contributed by atoms with Crippen molar-refractivity contribution < 1.29 is 46.5 Å². The minimum atomic E-state index is -4.98. The van der Waals surface area contributed by atoms with Crippen molar-refractivity contribution in [1.82, 2.24) is 20.2 Å². The molecular weight excluding hydrogens is 779 g/mol. The summed E-state index contributed by atoms with van der Waals surface area (Å²) in [7, 11) is 1.56. The zero-order chi connectivity index (χ0) is 41.5. The van der Waals surface area contributed by atoms with E-state index in [1.807, 2.05) is 32.2 Å². The average molecular weight is 822 g/mol. The summed E-state index contributed by atoms with van der Waals surface area (Å²) in [6, 6.07) is 5.47. The molecule has 4 atom stereocenters. The van der Waals surface area contributed by atoms with E-state index < -0.39 is 59.1 Å². The molecule has 4 heterocycles. The van der Waals surface area contributed by atoms with Crippen LogP contribution >= 0.6 is 11.3 Å². The molecule has 16 heteroatoms. The van der Waals surface area contributed by atoms with Gasteiger partial charge in [-0.05, 0) is 68.5 Å². The van der Waals surface area contributed by atoms with E-state index in [-0.39, 0.29) is 37.4 Å². The van der Waals surface area contributed by atoms with Gasteiger partial charge in [-0.3, -0.25) is 9.59 Å². The van der Waals surface area contributed by atoms with Gasteiger partial charge in [0.2, 0.25) is 11.8 Å². The fourth-order valence-corrected chi connectivity index (χ4v) is 8.50. The Morgan fingerprint density at radius 1 is 1.12 bits per heavy atom. The van der Waals surface area contributed by atoms with Crippen molar-refractivity contribution in [2.45, 2.75) is 102 Å². The number of alkyl halides is 3. The number of aliphatic carboxylic acids is 1. The number of nitrogens with one attached hydrogen (secondary N) is 2. The molecule has 306 valence electrons. The number of hydrogen-bond acceptors (Lipinski definition) is 9. The van der Waals surface area contributed by atoms with Crippen LogP contribution in [0.4, 0.5) is 23.2 Å². The fourth-order valence-electron chi connectivity index (χ4n) is 7.56. The number of aromatic nitrogens is 2. The predicted octanol–water partition coefficient (Wildman–Crippen LogP) is 8.17. The second kappa shape index (κ2) is 16.1. The number of aryl methyl sites for hydroxylation is 1. The Morgan fingerprint density at radius 2 is 1.91 bits per heavy atom. The topological polar surface area (TPSA) is 143 Å². The highest BCUT2D eigenvalue weighted by Gasteiger charge is 2.59. The molecule has 2 aromatic heterocycles. The molecular formula is C42H43F4N5O6S. The number of amides is 2. The maximum Gasteiger partial charge on any atom is 0.419 e. The van der Waals surface area contributed by atoms with Crippen molar-refractivity contribution in [2.75, 3.05) is 19.0 Å². The Kier molecular flexibility index (Phi) is 11.3. The Labute approximate surface area is 336 Å². The number of carbonyl (C=O) groups excluding carboxylic acids is 2. The van der Waals surface area contributed by atoms with E-state index in [4.69, 9.17) is 19.4 Å². The highest BCUT2D eigenvalue weighted by molar-refractivity contribution is 7.13. The fraction of sp³-hybridized carbons (Fsp3) is 0.429. The second-order valence-electron chi connectivity index (χ2n) is 15.2. The van der Waals surface area contributed by atoms with E-state index in [0.717, 1.165) is 17.3 Å². The minimum Gasteiger partial charge on any atom is -0.496 e. The highest BCUT2D eigenvalue weighted by Crippen LogP contribution is 2.43. The molecule has 3 aliphatic rings. The highest BCUT2D eigenvalue weighted by atomic mass is 32.1. The normalized spacial score (nSPS) is 22.7. The van der Waals surface area contributed by atoms with E-state index in [2.05, 4.69) is 16.4 Å². The van der Waals surface area contributed by atoms with Gasteiger partial charge in [-0.1, -0.05) is 26.7 Å². The van der Waals surface area contributed by atoms with Crippen LogP contribution in [0, 0.1) is 12.7 Å². The van der Waals surface area contributed by atoms with Crippen LogP contribution in [0.5, 0.6) is 11.5 Å². The van der Waals surface area contributed by atoms with Gasteiger partial charge in [0.1, 0.15) is 46.2 Å². The Balaban J connectivity index is 1.26. The SMILES string of the molecule is COc1ccc2c(O[C@@H]3C[C@H]4C(=O)N[C@]5(C(=O)O)CC5=C=CCCCCC[C@H](Nc5ccc(F)c(C(F)(F)F)c5)C(=O)N4C3)cc(-c3nc(C(C)C)cs3)nc2c1C. The summed E-state index contributed by atoms with van der Waals surface area (Å²) in [5.41, 5.74) is 2.95. The number of ether oxygens (including phenoxy) is 2. The number of nitrogens with zero attached hydrogens (tertiary/aromatic N) is 3. The molecule has 1 aliphatic carbocycles. The largest absolute Gasteiger partial charge is 0.496 e. The number of carboxylic acid groups (broad SMARTS) is 1. The van der Waals surface area contributed by atoms with Crippen LogP contribution in [-0.2, 0) is 20.6 Å². The zero-order valence-corrected chi connectivity index (χ0v) is 33.2. The van der Waals surface area contributed by atoms with Gasteiger partial charge in [-0.15, -0.1) is 17.1 Å². The third kappa shape index (κ3) is 8.12. The van der Waals surface area contributed by atoms with E-state index in [1.165, 1.54) is 16.2 Å². The van der Waals surface area contributed by atoms with Gasteiger partial charge in [0.25, 0.3) is 0 Å². The second-order valence-corrected chi connectivity index (χ2v) is 16.1. The number of halogens is 4. The lowest BCUT2D eigenvalue weighted by atomic mass is 10.0. The number of anilines is 1. The van der Waals surface area contributed by atoms with Crippen molar-refractivity contribution in [1.29, 1.82) is 0 Å². The van der Waals surface area contributed by atoms with Gasteiger partial charge >= 0.3 is 12.1 Å². The first-order valence-electron chi connectivity index (χ1n) is 19.1. The lowest BCUT2D eigenvalue weighted by Crippen LogP contribution is -2.54. The van der Waals surface area contributed by atoms with Gasteiger partial charge in [0, 0.05) is 46.5 Å². The number of carbonyl (C=O) groups is 3. The number of carboxylic acids is 1. The molecule has 7 rings (SSSR count). The third-order valence-corrected chi connectivity index (χ3v) is 11.8. The first-order chi connectivity index (χ1) is 27.6. The van der Waals surface area contributed by atoms with E-state index in [9.17, 15) is 37.1 Å². The number of fused-ring (bicyclic) bond motifs is 3. The molecule has 2 fully saturated rings. The van der Waals surface area contributed by atoms with E-state index in [0.29, 0.717) is 76.5 Å². The smallest absolute Gasteiger partial charge is 0.419 e. The number of hydrogen-bond donors (Lipinski definition) is 3. The van der Waals surface area contributed by atoms with E-state index in [1.54, 1.807) is 25.3 Å². The van der Waals surface area contributed by atoms with Crippen LogP contribution in [0.25, 0.3) is 21.6 Å². The average Bonchev–Trinajstić information content (AvgIpc) is 3.46. The van der Waals surface area contributed by atoms with Crippen molar-refractivity contribution in [3.8, 4) is 22.2 Å². The molecule has 0 unspecified atom stereocenters. The molecule has 4 aromatic rings. The molecule has 11 nitrogen and oxygen atoms in total. The summed E-state index contributed by atoms with van der Waals surface area (Å²) in [5, 5.41) is 19.1. The maximum absolute atomic E-state index is 14.7. The van der Waals surface area contributed by atoms with Gasteiger partial charge in [0.15, 0.2) is 5.54 Å². The molecule has 1 saturated heterocycles. The number of methoxy groups -OCH3 is 1.